The minimum atomic E-state index is -0.294. The molecule has 4 heteroatoms. The number of benzene rings is 1. The van der Waals surface area contributed by atoms with Crippen molar-refractivity contribution >= 4 is 33.0 Å². The number of thiophene rings is 1. The maximum absolute atomic E-state index is 13.4. The van der Waals surface area contributed by atoms with E-state index in [0.717, 1.165) is 4.70 Å². The molecule has 0 amide bonds. The van der Waals surface area contributed by atoms with Gasteiger partial charge in [0.15, 0.2) is 0 Å². The van der Waals surface area contributed by atoms with Crippen molar-refractivity contribution in [2.45, 2.75) is 6.42 Å². The Kier molecular flexibility index (Phi) is 2.40. The first-order valence-corrected chi connectivity index (χ1v) is 5.21. The summed E-state index contributed by atoms with van der Waals surface area (Å²) in [6.07, 6.45) is 0.210. The second-order valence-corrected chi connectivity index (χ2v) is 4.12. The lowest BCUT2D eigenvalue weighted by molar-refractivity contribution is 0.643. The molecule has 1 nitrogen and oxygen atoms in total. The number of hydrogen-bond donors (Lipinski definition) is 0. The van der Waals surface area contributed by atoms with Crippen molar-refractivity contribution in [1.29, 1.82) is 5.26 Å². The van der Waals surface area contributed by atoms with Crippen LogP contribution < -0.4 is 0 Å². The fourth-order valence-electron chi connectivity index (χ4n) is 1.38. The van der Waals surface area contributed by atoms with Crippen LogP contribution in [0.25, 0.3) is 10.1 Å². The third kappa shape index (κ3) is 1.37. The Bertz CT molecular complexity index is 527. The molecule has 2 rings (SSSR count). The summed E-state index contributed by atoms with van der Waals surface area (Å²) < 4.78 is 14.1. The molecule has 0 N–H and O–H groups in total. The number of halogens is 2. The van der Waals surface area contributed by atoms with Crippen LogP contribution in [0.3, 0.4) is 0 Å². The first kappa shape index (κ1) is 9.45. The largest absolute Gasteiger partial charge is 0.205 e. The molecule has 0 fully saturated rings. The van der Waals surface area contributed by atoms with Crippen molar-refractivity contribution in [2.75, 3.05) is 0 Å². The van der Waals surface area contributed by atoms with Gasteiger partial charge in [-0.3, -0.25) is 0 Å². The van der Waals surface area contributed by atoms with E-state index >= 15 is 0 Å². The van der Waals surface area contributed by atoms with Crippen LogP contribution in [-0.2, 0) is 6.42 Å². The second kappa shape index (κ2) is 3.56. The van der Waals surface area contributed by atoms with Gasteiger partial charge in [-0.25, -0.2) is 4.39 Å². The Morgan fingerprint density at radius 1 is 1.50 bits per heavy atom. The molecule has 1 aromatic carbocycles. The highest BCUT2D eigenvalue weighted by atomic mass is 35.5. The van der Waals surface area contributed by atoms with Crippen LogP contribution >= 0.6 is 22.9 Å². The predicted octanol–water partition coefficient (Wildman–Crippen LogP) is 3.76. The Hall–Kier alpha value is -1.11. The normalized spacial score (nSPS) is 10.4. The number of rotatable bonds is 1. The molecule has 14 heavy (non-hydrogen) atoms. The van der Waals surface area contributed by atoms with E-state index in [0.29, 0.717) is 16.0 Å². The van der Waals surface area contributed by atoms with Crippen LogP contribution in [0.2, 0.25) is 5.02 Å². The zero-order chi connectivity index (χ0) is 10.1. The molecule has 2 aromatic rings. The quantitative estimate of drug-likeness (QED) is 0.725. The van der Waals surface area contributed by atoms with Crippen molar-refractivity contribution in [3.8, 4) is 6.07 Å². The van der Waals surface area contributed by atoms with E-state index < -0.39 is 0 Å². The highest BCUT2D eigenvalue weighted by molar-refractivity contribution is 7.18. The van der Waals surface area contributed by atoms with Crippen LogP contribution in [-0.4, -0.2) is 0 Å². The first-order chi connectivity index (χ1) is 6.74. The van der Waals surface area contributed by atoms with E-state index in [1.807, 2.05) is 6.07 Å². The molecule has 0 aliphatic carbocycles. The van der Waals surface area contributed by atoms with Crippen molar-refractivity contribution in [2.24, 2.45) is 0 Å². The molecular weight excluding hydrogens is 221 g/mol. The minimum Gasteiger partial charge on any atom is -0.205 e. The molecular formula is C10H5ClFNS. The molecule has 70 valence electrons. The van der Waals surface area contributed by atoms with Gasteiger partial charge in [-0.05, 0) is 11.6 Å². The van der Waals surface area contributed by atoms with E-state index in [1.165, 1.54) is 16.7 Å². The van der Waals surface area contributed by atoms with Gasteiger partial charge in [0.05, 0.1) is 22.2 Å². The molecule has 0 saturated heterocycles. The molecule has 0 bridgehead atoms. The van der Waals surface area contributed by atoms with Crippen molar-refractivity contribution in [1.82, 2.24) is 0 Å². The smallest absolute Gasteiger partial charge is 0.142 e. The van der Waals surface area contributed by atoms with Crippen LogP contribution in [0.5, 0.6) is 0 Å². The van der Waals surface area contributed by atoms with Gasteiger partial charge >= 0.3 is 0 Å². The van der Waals surface area contributed by atoms with E-state index in [-0.39, 0.29) is 12.2 Å². The first-order valence-electron chi connectivity index (χ1n) is 3.95. The lowest BCUT2D eigenvalue weighted by atomic mass is 10.1. The summed E-state index contributed by atoms with van der Waals surface area (Å²) in [5, 5.41) is 11.0. The second-order valence-electron chi connectivity index (χ2n) is 2.83. The minimum absolute atomic E-state index is 0.210. The van der Waals surface area contributed by atoms with E-state index in [2.05, 4.69) is 0 Å². The summed E-state index contributed by atoms with van der Waals surface area (Å²) in [4.78, 5) is 0. The van der Waals surface area contributed by atoms with Gasteiger partial charge in [-0.15, -0.1) is 11.3 Å². The predicted molar refractivity (Wildman–Crippen MR) is 56.1 cm³/mol. The van der Waals surface area contributed by atoms with Gasteiger partial charge in [0.2, 0.25) is 0 Å². The number of nitriles is 1. The van der Waals surface area contributed by atoms with Gasteiger partial charge in [-0.1, -0.05) is 17.7 Å². The Labute approximate surface area is 89.3 Å². The summed E-state index contributed by atoms with van der Waals surface area (Å²) in [6.45, 7) is 0. The van der Waals surface area contributed by atoms with Gasteiger partial charge < -0.3 is 0 Å². The van der Waals surface area contributed by atoms with Crippen LogP contribution in [0.15, 0.2) is 17.5 Å². The van der Waals surface area contributed by atoms with Gasteiger partial charge in [-0.2, -0.15) is 5.26 Å². The molecule has 0 atom stereocenters. The third-order valence-corrected chi connectivity index (χ3v) is 3.40. The van der Waals surface area contributed by atoms with E-state index in [4.69, 9.17) is 16.9 Å². The average molecular weight is 226 g/mol. The summed E-state index contributed by atoms with van der Waals surface area (Å²) in [5.41, 5.74) is 0.700. The molecule has 0 aliphatic rings. The van der Waals surface area contributed by atoms with Crippen LogP contribution in [0.1, 0.15) is 5.56 Å². The lowest BCUT2D eigenvalue weighted by Gasteiger charge is -1.99. The maximum Gasteiger partial charge on any atom is 0.142 e. The Morgan fingerprint density at radius 3 is 3.00 bits per heavy atom. The summed E-state index contributed by atoms with van der Waals surface area (Å²) in [5.74, 6) is -0.294. The Morgan fingerprint density at radius 2 is 2.29 bits per heavy atom. The van der Waals surface area contributed by atoms with E-state index in [9.17, 15) is 4.39 Å². The standard InChI is InChI=1S/C10H5ClFNS/c11-7-2-1-6(3-4-13)9-8(12)5-14-10(7)9/h1-2,5H,3H2. The van der Waals surface area contributed by atoms with Gasteiger partial charge in [0, 0.05) is 10.8 Å². The molecule has 0 aliphatic heterocycles. The van der Waals surface area contributed by atoms with Gasteiger partial charge in [0.1, 0.15) is 5.82 Å². The molecule has 1 aromatic heterocycles. The zero-order valence-corrected chi connectivity index (χ0v) is 8.62. The fourth-order valence-corrected chi connectivity index (χ4v) is 2.53. The van der Waals surface area contributed by atoms with Crippen LogP contribution in [0, 0.1) is 17.1 Å². The third-order valence-electron chi connectivity index (χ3n) is 1.98. The summed E-state index contributed by atoms with van der Waals surface area (Å²) in [6, 6.07) is 5.41. The topological polar surface area (TPSA) is 23.8 Å². The van der Waals surface area contributed by atoms with Crippen LogP contribution in [0.4, 0.5) is 4.39 Å². The molecule has 0 spiro atoms. The number of hydrogen-bond acceptors (Lipinski definition) is 2. The highest BCUT2D eigenvalue weighted by Crippen LogP contribution is 2.33. The molecule has 0 radical (unpaired) electrons. The molecule has 0 saturated carbocycles. The van der Waals surface area contributed by atoms with Crippen molar-refractivity contribution in [3.63, 3.8) is 0 Å². The van der Waals surface area contributed by atoms with Gasteiger partial charge in [0.25, 0.3) is 0 Å². The monoisotopic (exact) mass is 225 g/mol. The lowest BCUT2D eigenvalue weighted by Crippen LogP contribution is -1.84. The SMILES string of the molecule is N#CCc1ccc(Cl)c2scc(F)c12. The maximum atomic E-state index is 13.4. The number of nitrogens with zero attached hydrogens (tertiary/aromatic N) is 1. The fraction of sp³-hybridized carbons (Fsp3) is 0.100. The molecule has 1 heterocycles. The van der Waals surface area contributed by atoms with Crippen molar-refractivity contribution in [3.05, 3.63) is 33.9 Å². The summed E-state index contributed by atoms with van der Waals surface area (Å²) >= 11 is 7.17. The Balaban J connectivity index is 2.80. The average Bonchev–Trinajstić information content (AvgIpc) is 2.55. The summed E-state index contributed by atoms with van der Waals surface area (Å²) in [7, 11) is 0. The van der Waals surface area contributed by atoms with E-state index in [1.54, 1.807) is 12.1 Å². The highest BCUT2D eigenvalue weighted by Gasteiger charge is 2.11. The molecule has 0 unspecified atom stereocenters. The number of fused-ring (bicyclic) bond motifs is 1. The van der Waals surface area contributed by atoms with Crippen molar-refractivity contribution < 1.29 is 4.39 Å². The zero-order valence-electron chi connectivity index (χ0n) is 7.05.